The van der Waals surface area contributed by atoms with Gasteiger partial charge in [0, 0.05) is 13.1 Å². The molecule has 1 N–H and O–H groups in total. The van der Waals surface area contributed by atoms with E-state index >= 15 is 0 Å². The third-order valence-corrected chi connectivity index (χ3v) is 3.50. The monoisotopic (exact) mass is 256 g/mol. The number of carbonyl (C=O) groups is 1. The summed E-state index contributed by atoms with van der Waals surface area (Å²) in [6.45, 7) is 7.56. The molecule has 0 saturated carbocycles. The van der Waals surface area contributed by atoms with E-state index in [1.807, 2.05) is 18.7 Å². The van der Waals surface area contributed by atoms with Crippen LogP contribution in [0.1, 0.15) is 26.7 Å². The number of nitrogens with zero attached hydrogens (tertiary/aromatic N) is 1. The zero-order chi connectivity index (χ0) is 13.0. The minimum Gasteiger partial charge on any atom is -0.372 e. The van der Waals surface area contributed by atoms with Gasteiger partial charge in [-0.3, -0.25) is 4.79 Å². The van der Waals surface area contributed by atoms with Crippen molar-refractivity contribution in [1.82, 2.24) is 10.2 Å². The summed E-state index contributed by atoms with van der Waals surface area (Å²) in [7, 11) is 0. The molecule has 0 aromatic rings. The summed E-state index contributed by atoms with van der Waals surface area (Å²) in [5.74, 6) is 0.0931. The molecule has 2 aliphatic heterocycles. The van der Waals surface area contributed by atoms with Crippen molar-refractivity contribution in [2.24, 2.45) is 0 Å². The van der Waals surface area contributed by atoms with Crippen LogP contribution in [0.4, 0.5) is 0 Å². The van der Waals surface area contributed by atoms with E-state index in [9.17, 15) is 4.79 Å². The molecule has 0 spiro atoms. The number of hydrogen-bond donors (Lipinski definition) is 1. The normalized spacial score (nSPS) is 30.4. The number of piperidine rings is 1. The first-order chi connectivity index (χ1) is 8.65. The molecule has 5 nitrogen and oxygen atoms in total. The van der Waals surface area contributed by atoms with E-state index in [1.54, 1.807) is 0 Å². The van der Waals surface area contributed by atoms with Gasteiger partial charge in [-0.25, -0.2) is 0 Å². The minimum absolute atomic E-state index is 0.0931. The van der Waals surface area contributed by atoms with E-state index in [0.717, 1.165) is 25.9 Å². The number of amides is 1. The highest BCUT2D eigenvalue weighted by Crippen LogP contribution is 2.12. The van der Waals surface area contributed by atoms with Crippen molar-refractivity contribution in [3.63, 3.8) is 0 Å². The highest BCUT2D eigenvalue weighted by atomic mass is 16.5. The van der Waals surface area contributed by atoms with Crippen LogP contribution in [0.2, 0.25) is 0 Å². The lowest BCUT2D eigenvalue weighted by atomic mass is 10.1. The Morgan fingerprint density at radius 2 is 1.89 bits per heavy atom. The second-order valence-corrected chi connectivity index (χ2v) is 5.32. The Morgan fingerprint density at radius 3 is 2.50 bits per heavy atom. The Morgan fingerprint density at radius 1 is 1.28 bits per heavy atom. The summed E-state index contributed by atoms with van der Waals surface area (Å²) in [5, 5.41) is 3.29. The summed E-state index contributed by atoms with van der Waals surface area (Å²) in [6.07, 6.45) is 2.49. The topological polar surface area (TPSA) is 50.8 Å². The lowest BCUT2D eigenvalue weighted by molar-refractivity contribution is -0.150. The predicted molar refractivity (Wildman–Crippen MR) is 68.4 cm³/mol. The molecule has 2 rings (SSSR count). The molecule has 104 valence electrons. The van der Waals surface area contributed by atoms with Gasteiger partial charge in [-0.1, -0.05) is 0 Å². The van der Waals surface area contributed by atoms with Gasteiger partial charge in [0.1, 0.15) is 6.61 Å². The quantitative estimate of drug-likeness (QED) is 0.793. The lowest BCUT2D eigenvalue weighted by Gasteiger charge is -2.35. The molecule has 1 amide bonds. The van der Waals surface area contributed by atoms with E-state index in [-0.39, 0.29) is 30.8 Å². The molecule has 18 heavy (non-hydrogen) atoms. The third kappa shape index (κ3) is 3.93. The van der Waals surface area contributed by atoms with Crippen molar-refractivity contribution in [2.75, 3.05) is 32.8 Å². The van der Waals surface area contributed by atoms with Crippen molar-refractivity contribution in [3.05, 3.63) is 0 Å². The molecule has 0 bridgehead atoms. The lowest BCUT2D eigenvalue weighted by Crippen LogP contribution is -2.49. The summed E-state index contributed by atoms with van der Waals surface area (Å²) in [6, 6.07) is 0. The van der Waals surface area contributed by atoms with Crippen LogP contribution in [0.5, 0.6) is 0 Å². The van der Waals surface area contributed by atoms with Gasteiger partial charge in [-0.15, -0.1) is 0 Å². The molecule has 0 aliphatic carbocycles. The minimum atomic E-state index is 0.0931. The Labute approximate surface area is 109 Å². The number of rotatable bonds is 3. The Kier molecular flexibility index (Phi) is 4.97. The summed E-state index contributed by atoms with van der Waals surface area (Å²) < 4.78 is 11.3. The fourth-order valence-corrected chi connectivity index (χ4v) is 2.62. The van der Waals surface area contributed by atoms with Crippen LogP contribution in [0.15, 0.2) is 0 Å². The molecule has 5 heteroatoms. The van der Waals surface area contributed by atoms with Crippen molar-refractivity contribution in [2.45, 2.75) is 45.0 Å². The Hall–Kier alpha value is -0.650. The molecule has 2 unspecified atom stereocenters. The molecular weight excluding hydrogens is 232 g/mol. The summed E-state index contributed by atoms with van der Waals surface area (Å²) >= 11 is 0. The maximum absolute atomic E-state index is 12.1. The van der Waals surface area contributed by atoms with Gasteiger partial charge in [0.2, 0.25) is 5.91 Å². The molecule has 0 radical (unpaired) electrons. The standard InChI is InChI=1S/C13H24N2O3/c1-10-7-15(8-11(2)18-10)13(16)9-17-12-3-5-14-6-4-12/h10-12,14H,3-9H2,1-2H3. The highest BCUT2D eigenvalue weighted by molar-refractivity contribution is 5.77. The van der Waals surface area contributed by atoms with Gasteiger partial charge in [0.15, 0.2) is 0 Å². The maximum Gasteiger partial charge on any atom is 0.248 e. The van der Waals surface area contributed by atoms with Gasteiger partial charge in [-0.2, -0.15) is 0 Å². The molecular formula is C13H24N2O3. The van der Waals surface area contributed by atoms with E-state index in [4.69, 9.17) is 9.47 Å². The van der Waals surface area contributed by atoms with Gasteiger partial charge >= 0.3 is 0 Å². The predicted octanol–water partition coefficient (Wildman–Crippen LogP) is 0.391. The van der Waals surface area contributed by atoms with E-state index in [0.29, 0.717) is 13.1 Å². The second-order valence-electron chi connectivity index (χ2n) is 5.32. The number of carbonyl (C=O) groups excluding carboxylic acids is 1. The van der Waals surface area contributed by atoms with Crippen molar-refractivity contribution in [1.29, 1.82) is 0 Å². The van der Waals surface area contributed by atoms with Gasteiger partial charge in [0.05, 0.1) is 18.3 Å². The third-order valence-electron chi connectivity index (χ3n) is 3.50. The van der Waals surface area contributed by atoms with Gasteiger partial charge < -0.3 is 19.7 Å². The zero-order valence-corrected chi connectivity index (χ0v) is 11.4. The average Bonchev–Trinajstić information content (AvgIpc) is 2.36. The first-order valence-electron chi connectivity index (χ1n) is 6.90. The first-order valence-corrected chi connectivity index (χ1v) is 6.90. The van der Waals surface area contributed by atoms with Crippen LogP contribution < -0.4 is 5.32 Å². The largest absolute Gasteiger partial charge is 0.372 e. The highest BCUT2D eigenvalue weighted by Gasteiger charge is 2.26. The fraction of sp³-hybridized carbons (Fsp3) is 0.923. The van der Waals surface area contributed by atoms with Gasteiger partial charge in [0.25, 0.3) is 0 Å². The average molecular weight is 256 g/mol. The maximum atomic E-state index is 12.1. The molecule has 2 atom stereocenters. The van der Waals surface area contributed by atoms with Crippen LogP contribution in [-0.4, -0.2) is 61.9 Å². The SMILES string of the molecule is CC1CN(C(=O)COC2CCNCC2)CC(C)O1. The number of hydrogen-bond acceptors (Lipinski definition) is 4. The smallest absolute Gasteiger partial charge is 0.248 e. The first kappa shape index (κ1) is 13.8. The number of ether oxygens (including phenoxy) is 2. The van der Waals surface area contributed by atoms with Crippen LogP contribution in [0.3, 0.4) is 0 Å². The molecule has 0 aromatic carbocycles. The van der Waals surface area contributed by atoms with Crippen molar-refractivity contribution < 1.29 is 14.3 Å². The Bertz CT molecular complexity index is 269. The second kappa shape index (κ2) is 6.50. The molecule has 0 aromatic heterocycles. The van der Waals surface area contributed by atoms with E-state index in [2.05, 4.69) is 5.32 Å². The van der Waals surface area contributed by atoms with E-state index in [1.165, 1.54) is 0 Å². The number of nitrogens with one attached hydrogen (secondary N) is 1. The van der Waals surface area contributed by atoms with Crippen LogP contribution in [0.25, 0.3) is 0 Å². The zero-order valence-electron chi connectivity index (χ0n) is 11.4. The van der Waals surface area contributed by atoms with Crippen molar-refractivity contribution in [3.8, 4) is 0 Å². The molecule has 2 heterocycles. The van der Waals surface area contributed by atoms with E-state index < -0.39 is 0 Å². The molecule has 2 aliphatic rings. The Balaban J connectivity index is 1.73. The van der Waals surface area contributed by atoms with Gasteiger partial charge in [-0.05, 0) is 39.8 Å². The van der Waals surface area contributed by atoms with Crippen LogP contribution >= 0.6 is 0 Å². The summed E-state index contributed by atoms with van der Waals surface area (Å²) in [4.78, 5) is 13.9. The van der Waals surface area contributed by atoms with Crippen LogP contribution in [-0.2, 0) is 14.3 Å². The molecule has 2 saturated heterocycles. The molecule has 2 fully saturated rings. The summed E-state index contributed by atoms with van der Waals surface area (Å²) in [5.41, 5.74) is 0. The van der Waals surface area contributed by atoms with Crippen molar-refractivity contribution >= 4 is 5.91 Å². The fourth-order valence-electron chi connectivity index (χ4n) is 2.62. The number of morpholine rings is 1. The van der Waals surface area contributed by atoms with Crippen LogP contribution in [0, 0.1) is 0 Å².